The Morgan fingerprint density at radius 3 is 2.38 bits per heavy atom. The number of allylic oxidation sites excluding steroid dienone is 1. The molecule has 0 radical (unpaired) electrons. The number of nitrogens with zero attached hydrogens (tertiary/aromatic N) is 2. The second kappa shape index (κ2) is 14.0. The first-order valence-corrected chi connectivity index (χ1v) is 14.7. The van der Waals surface area contributed by atoms with Crippen molar-refractivity contribution < 1.29 is 27.9 Å². The highest BCUT2D eigenvalue weighted by molar-refractivity contribution is 7.14. The Kier molecular flexibility index (Phi) is 11.1. The molecule has 2 fully saturated rings. The second-order valence-electron chi connectivity index (χ2n) is 11.2. The number of guanidine groups is 1. The summed E-state index contributed by atoms with van der Waals surface area (Å²) >= 11 is 0.720. The predicted octanol–water partition coefficient (Wildman–Crippen LogP) is 5.71. The molecular weight excluding hydrogens is 540 g/mol. The standard InChI is InChI=1S/C28H41F2N5O4S/c1-6-10-22(33-24(36)17-11-8-7-9-12-17)35(19-15-18(16-19)32-27(38)39-28(2,3)4)26(31-5)34-25(37)21-14-13-20(40-21)23(29)30/h10,13-14,17-19,23H,6-9,11-12,15-16H2,1-5H3,(H,32,38)(H,33,36)(H,31,34,37)/b22-10-. The lowest BCUT2D eigenvalue weighted by Crippen LogP contribution is -2.60. The quantitative estimate of drug-likeness (QED) is 0.269. The van der Waals surface area contributed by atoms with Crippen LogP contribution in [0.15, 0.2) is 29.0 Å². The minimum atomic E-state index is -2.67. The van der Waals surface area contributed by atoms with Crippen molar-refractivity contribution >= 4 is 35.2 Å². The van der Waals surface area contributed by atoms with Gasteiger partial charge < -0.3 is 15.4 Å². The van der Waals surface area contributed by atoms with Gasteiger partial charge >= 0.3 is 6.09 Å². The lowest BCUT2D eigenvalue weighted by molar-refractivity contribution is -0.125. The molecule has 9 nitrogen and oxygen atoms in total. The van der Waals surface area contributed by atoms with Gasteiger partial charge in [-0.15, -0.1) is 11.3 Å². The number of carbonyl (C=O) groups excluding carboxylic acids is 3. The van der Waals surface area contributed by atoms with Crippen molar-refractivity contribution in [1.29, 1.82) is 0 Å². The molecule has 12 heteroatoms. The van der Waals surface area contributed by atoms with Crippen molar-refractivity contribution in [2.45, 2.75) is 103 Å². The van der Waals surface area contributed by atoms with Crippen LogP contribution in [0.3, 0.4) is 0 Å². The molecule has 2 aliphatic carbocycles. The third-order valence-electron chi connectivity index (χ3n) is 6.81. The Morgan fingerprint density at radius 1 is 1.15 bits per heavy atom. The van der Waals surface area contributed by atoms with Crippen LogP contribution in [0.5, 0.6) is 0 Å². The number of thiophene rings is 1. The van der Waals surface area contributed by atoms with Gasteiger partial charge in [0.15, 0.2) is 0 Å². The van der Waals surface area contributed by atoms with Crippen molar-refractivity contribution in [3.05, 3.63) is 33.8 Å². The molecule has 0 unspecified atom stereocenters. The highest BCUT2D eigenvalue weighted by atomic mass is 32.1. The summed E-state index contributed by atoms with van der Waals surface area (Å²) < 4.78 is 31.6. The molecule has 0 saturated heterocycles. The van der Waals surface area contributed by atoms with E-state index in [9.17, 15) is 23.2 Å². The van der Waals surface area contributed by atoms with Gasteiger partial charge in [-0.2, -0.15) is 0 Å². The SMILES string of the molecule is CC/C=C(/NC(=O)C1CCCCC1)N(C(=NC)NC(=O)c1ccc(C(F)F)s1)C1CC(NC(=O)OC(C)(C)C)C1. The summed E-state index contributed by atoms with van der Waals surface area (Å²) in [6, 6.07) is 2.22. The Balaban J connectivity index is 1.81. The number of ether oxygens (including phenoxy) is 1. The largest absolute Gasteiger partial charge is 0.444 e. The summed E-state index contributed by atoms with van der Waals surface area (Å²) in [5.41, 5.74) is -0.627. The fourth-order valence-corrected chi connectivity index (χ4v) is 5.61. The van der Waals surface area contributed by atoms with Crippen LogP contribution in [0.4, 0.5) is 13.6 Å². The average Bonchev–Trinajstić information content (AvgIpc) is 3.37. The van der Waals surface area contributed by atoms with Crippen LogP contribution >= 0.6 is 11.3 Å². The summed E-state index contributed by atoms with van der Waals surface area (Å²) in [7, 11) is 1.52. The maximum atomic E-state index is 13.2. The normalized spacial score (nSPS) is 20.5. The van der Waals surface area contributed by atoms with Crippen LogP contribution in [0.25, 0.3) is 0 Å². The van der Waals surface area contributed by atoms with E-state index in [-0.39, 0.29) is 39.6 Å². The van der Waals surface area contributed by atoms with E-state index >= 15 is 0 Å². The Bertz CT molecular complexity index is 1100. The van der Waals surface area contributed by atoms with E-state index in [1.54, 1.807) is 25.7 Å². The number of alkyl carbamates (subject to hydrolysis) is 1. The number of carbonyl (C=O) groups is 3. The van der Waals surface area contributed by atoms with E-state index in [0.717, 1.165) is 43.4 Å². The van der Waals surface area contributed by atoms with Crippen molar-refractivity contribution in [2.24, 2.45) is 10.9 Å². The molecule has 2 saturated carbocycles. The van der Waals surface area contributed by atoms with Crippen LogP contribution in [0.1, 0.15) is 100 Å². The van der Waals surface area contributed by atoms with Gasteiger partial charge in [0.1, 0.15) is 11.4 Å². The van der Waals surface area contributed by atoms with E-state index in [2.05, 4.69) is 20.9 Å². The number of halogens is 2. The van der Waals surface area contributed by atoms with E-state index in [1.807, 2.05) is 13.0 Å². The Hall–Kier alpha value is -3.02. The van der Waals surface area contributed by atoms with Crippen molar-refractivity contribution in [3.63, 3.8) is 0 Å². The molecule has 2 aliphatic rings. The molecule has 1 aromatic heterocycles. The molecular formula is C28H41F2N5O4S. The van der Waals surface area contributed by atoms with E-state index in [0.29, 0.717) is 25.1 Å². The monoisotopic (exact) mass is 581 g/mol. The highest BCUT2D eigenvalue weighted by Gasteiger charge is 2.39. The number of hydrogen-bond acceptors (Lipinski definition) is 6. The maximum absolute atomic E-state index is 13.2. The Labute approximate surface area is 238 Å². The summed E-state index contributed by atoms with van der Waals surface area (Å²) in [5, 5.41) is 8.71. The van der Waals surface area contributed by atoms with Crippen molar-refractivity contribution in [3.8, 4) is 0 Å². The second-order valence-corrected chi connectivity index (χ2v) is 12.3. The van der Waals surface area contributed by atoms with E-state index < -0.39 is 24.0 Å². The van der Waals surface area contributed by atoms with Gasteiger partial charge in [-0.05, 0) is 71.1 Å². The molecule has 0 bridgehead atoms. The Morgan fingerprint density at radius 2 is 1.82 bits per heavy atom. The molecule has 0 spiro atoms. The molecule has 0 atom stereocenters. The number of hydrogen-bond donors (Lipinski definition) is 3. The average molecular weight is 582 g/mol. The molecule has 0 aromatic carbocycles. The first-order chi connectivity index (χ1) is 18.9. The third kappa shape index (κ3) is 8.74. The smallest absolute Gasteiger partial charge is 0.407 e. The first-order valence-electron chi connectivity index (χ1n) is 13.9. The van der Waals surface area contributed by atoms with Crippen LogP contribution < -0.4 is 16.0 Å². The predicted molar refractivity (Wildman–Crippen MR) is 151 cm³/mol. The van der Waals surface area contributed by atoms with E-state index in [1.165, 1.54) is 19.2 Å². The molecule has 1 heterocycles. The van der Waals surface area contributed by atoms with Crippen LogP contribution in [0.2, 0.25) is 0 Å². The summed E-state index contributed by atoms with van der Waals surface area (Å²) in [6.45, 7) is 7.31. The molecule has 40 heavy (non-hydrogen) atoms. The molecule has 3 rings (SSSR count). The zero-order chi connectivity index (χ0) is 29.4. The number of alkyl halides is 2. The number of rotatable bonds is 8. The lowest BCUT2D eigenvalue weighted by atomic mass is 9.85. The number of nitrogens with one attached hydrogen (secondary N) is 3. The fourth-order valence-electron chi connectivity index (χ4n) is 4.85. The lowest BCUT2D eigenvalue weighted by Gasteiger charge is -2.45. The molecule has 1 aromatic rings. The molecule has 0 aliphatic heterocycles. The zero-order valence-electron chi connectivity index (χ0n) is 23.9. The minimum absolute atomic E-state index is 0.0752. The number of amides is 3. The van der Waals surface area contributed by atoms with Gasteiger partial charge in [-0.3, -0.25) is 24.8 Å². The summed E-state index contributed by atoms with van der Waals surface area (Å²) in [5.74, 6) is -0.0525. The topological polar surface area (TPSA) is 112 Å². The van der Waals surface area contributed by atoms with Gasteiger partial charge in [0.2, 0.25) is 11.9 Å². The van der Waals surface area contributed by atoms with Gasteiger partial charge in [0, 0.05) is 25.0 Å². The molecule has 222 valence electrons. The molecule has 3 amide bonds. The van der Waals surface area contributed by atoms with E-state index in [4.69, 9.17) is 4.74 Å². The van der Waals surface area contributed by atoms with Gasteiger partial charge in [-0.25, -0.2) is 13.6 Å². The zero-order valence-corrected chi connectivity index (χ0v) is 24.7. The highest BCUT2D eigenvalue weighted by Crippen LogP contribution is 2.31. The van der Waals surface area contributed by atoms with Crippen molar-refractivity contribution in [1.82, 2.24) is 20.9 Å². The van der Waals surface area contributed by atoms with Gasteiger partial charge in [0.05, 0.1) is 9.75 Å². The third-order valence-corrected chi connectivity index (χ3v) is 7.91. The van der Waals surface area contributed by atoms with Crippen LogP contribution in [0, 0.1) is 5.92 Å². The van der Waals surface area contributed by atoms with Gasteiger partial charge in [0.25, 0.3) is 12.3 Å². The molecule has 3 N–H and O–H groups in total. The van der Waals surface area contributed by atoms with Crippen LogP contribution in [-0.2, 0) is 9.53 Å². The van der Waals surface area contributed by atoms with Crippen LogP contribution in [-0.4, -0.2) is 53.5 Å². The number of aliphatic imine (C=N–C) groups is 1. The maximum Gasteiger partial charge on any atom is 0.407 e. The van der Waals surface area contributed by atoms with Gasteiger partial charge in [-0.1, -0.05) is 26.2 Å². The summed E-state index contributed by atoms with van der Waals surface area (Å²) in [4.78, 5) is 44.6. The van der Waals surface area contributed by atoms with Crippen molar-refractivity contribution in [2.75, 3.05) is 7.05 Å². The fraction of sp³-hybridized carbons (Fsp3) is 0.643. The minimum Gasteiger partial charge on any atom is -0.444 e. The summed E-state index contributed by atoms with van der Waals surface area (Å²) in [6.07, 6.45) is 5.12. The first kappa shape index (κ1) is 31.5.